The summed E-state index contributed by atoms with van der Waals surface area (Å²) in [4.78, 5) is 23.3. The van der Waals surface area contributed by atoms with Gasteiger partial charge in [-0.05, 0) is 32.4 Å². The summed E-state index contributed by atoms with van der Waals surface area (Å²) in [7, 11) is 0. The van der Waals surface area contributed by atoms with Crippen molar-refractivity contribution < 1.29 is 14.7 Å². The van der Waals surface area contributed by atoms with E-state index in [2.05, 4.69) is 10.6 Å². The van der Waals surface area contributed by atoms with Gasteiger partial charge in [-0.25, -0.2) is 4.79 Å². The van der Waals surface area contributed by atoms with Gasteiger partial charge < -0.3 is 15.7 Å². The van der Waals surface area contributed by atoms with Gasteiger partial charge in [-0.1, -0.05) is 26.7 Å². The molecule has 1 atom stereocenters. The maximum absolute atomic E-state index is 12.2. The first-order valence-corrected chi connectivity index (χ1v) is 6.74. The van der Waals surface area contributed by atoms with E-state index in [-0.39, 0.29) is 5.91 Å². The molecule has 1 heterocycles. The molecule has 0 radical (unpaired) electrons. The normalized spacial score (nSPS) is 20.1. The summed E-state index contributed by atoms with van der Waals surface area (Å²) in [5.74, 6) is -1.05. The highest BCUT2D eigenvalue weighted by Crippen LogP contribution is 2.28. The molecule has 3 N–H and O–H groups in total. The molecule has 5 nitrogen and oxygen atoms in total. The number of carbonyl (C=O) groups excluding carboxylic acids is 1. The molecular weight excluding hydrogens is 232 g/mol. The topological polar surface area (TPSA) is 78.4 Å². The SMILES string of the molecule is CCCCC(NC(=O)C1(C)CCNCC1)C(=O)O. The van der Waals surface area contributed by atoms with E-state index in [4.69, 9.17) is 5.11 Å². The van der Waals surface area contributed by atoms with Crippen molar-refractivity contribution in [3.8, 4) is 0 Å². The Kier molecular flexibility index (Phi) is 5.59. The summed E-state index contributed by atoms with van der Waals surface area (Å²) < 4.78 is 0. The largest absolute Gasteiger partial charge is 0.480 e. The third kappa shape index (κ3) is 3.98. The lowest BCUT2D eigenvalue weighted by Crippen LogP contribution is -2.50. The molecule has 104 valence electrons. The van der Waals surface area contributed by atoms with Crippen LogP contribution in [0, 0.1) is 5.41 Å². The number of unbranched alkanes of at least 4 members (excludes halogenated alkanes) is 1. The second-order valence-electron chi connectivity index (χ2n) is 5.32. The van der Waals surface area contributed by atoms with E-state index < -0.39 is 17.4 Å². The number of rotatable bonds is 6. The predicted octanol–water partition coefficient (Wildman–Crippen LogP) is 1.14. The van der Waals surface area contributed by atoms with Crippen LogP contribution in [0.25, 0.3) is 0 Å². The van der Waals surface area contributed by atoms with Gasteiger partial charge in [-0.3, -0.25) is 4.79 Å². The average Bonchev–Trinajstić information content (AvgIpc) is 2.34. The molecule has 5 heteroatoms. The minimum atomic E-state index is -0.936. The fourth-order valence-electron chi connectivity index (χ4n) is 2.20. The first-order chi connectivity index (χ1) is 8.49. The van der Waals surface area contributed by atoms with Gasteiger partial charge in [0.1, 0.15) is 6.04 Å². The van der Waals surface area contributed by atoms with Gasteiger partial charge in [-0.2, -0.15) is 0 Å². The van der Waals surface area contributed by atoms with E-state index in [1.165, 1.54) is 0 Å². The smallest absolute Gasteiger partial charge is 0.326 e. The van der Waals surface area contributed by atoms with Gasteiger partial charge in [0.2, 0.25) is 5.91 Å². The molecule has 18 heavy (non-hydrogen) atoms. The van der Waals surface area contributed by atoms with E-state index in [1.54, 1.807) is 0 Å². The van der Waals surface area contributed by atoms with Crippen LogP contribution in [-0.4, -0.2) is 36.1 Å². The molecular formula is C13H24N2O3. The molecule has 0 aliphatic carbocycles. The summed E-state index contributed by atoms with van der Waals surface area (Å²) >= 11 is 0. The van der Waals surface area contributed by atoms with Gasteiger partial charge in [0.15, 0.2) is 0 Å². The predicted molar refractivity (Wildman–Crippen MR) is 69.3 cm³/mol. The molecule has 0 aromatic rings. The molecule has 0 spiro atoms. The average molecular weight is 256 g/mol. The van der Waals surface area contributed by atoms with Crippen molar-refractivity contribution in [2.24, 2.45) is 5.41 Å². The molecule has 0 aromatic carbocycles. The van der Waals surface area contributed by atoms with E-state index in [0.717, 1.165) is 38.8 Å². The van der Waals surface area contributed by atoms with Crippen LogP contribution in [0.5, 0.6) is 0 Å². The van der Waals surface area contributed by atoms with Crippen molar-refractivity contribution >= 4 is 11.9 Å². The van der Waals surface area contributed by atoms with Crippen LogP contribution < -0.4 is 10.6 Å². The Hall–Kier alpha value is -1.10. The zero-order chi connectivity index (χ0) is 13.6. The first kappa shape index (κ1) is 15.0. The molecule has 0 bridgehead atoms. The Balaban J connectivity index is 2.56. The second-order valence-corrected chi connectivity index (χ2v) is 5.32. The molecule has 1 fully saturated rings. The van der Waals surface area contributed by atoms with Crippen LogP contribution >= 0.6 is 0 Å². The zero-order valence-corrected chi connectivity index (χ0v) is 11.3. The van der Waals surface area contributed by atoms with Crippen molar-refractivity contribution in [1.82, 2.24) is 10.6 Å². The Morgan fingerprint density at radius 2 is 2.00 bits per heavy atom. The Bertz CT molecular complexity index is 299. The lowest BCUT2D eigenvalue weighted by molar-refractivity contribution is -0.144. The van der Waals surface area contributed by atoms with Crippen LogP contribution in [0.2, 0.25) is 0 Å². The molecule has 0 saturated carbocycles. The minimum absolute atomic E-state index is 0.118. The number of carboxylic acids is 1. The molecule has 1 rings (SSSR count). The number of amides is 1. The summed E-state index contributed by atoms with van der Waals surface area (Å²) in [6.07, 6.45) is 3.78. The lowest BCUT2D eigenvalue weighted by Gasteiger charge is -2.33. The number of piperidine rings is 1. The highest BCUT2D eigenvalue weighted by molar-refractivity contribution is 5.87. The number of aliphatic carboxylic acids is 1. The van der Waals surface area contributed by atoms with Crippen molar-refractivity contribution in [2.45, 2.75) is 52.0 Å². The number of hydrogen-bond donors (Lipinski definition) is 3. The van der Waals surface area contributed by atoms with Crippen LogP contribution in [0.4, 0.5) is 0 Å². The quantitative estimate of drug-likeness (QED) is 0.666. The van der Waals surface area contributed by atoms with E-state index in [0.29, 0.717) is 6.42 Å². The zero-order valence-electron chi connectivity index (χ0n) is 11.3. The van der Waals surface area contributed by atoms with Gasteiger partial charge in [0.25, 0.3) is 0 Å². The van der Waals surface area contributed by atoms with Gasteiger partial charge in [0, 0.05) is 5.41 Å². The van der Waals surface area contributed by atoms with Gasteiger partial charge in [-0.15, -0.1) is 0 Å². The first-order valence-electron chi connectivity index (χ1n) is 6.74. The number of nitrogens with one attached hydrogen (secondary N) is 2. The summed E-state index contributed by atoms with van der Waals surface area (Å²) in [6, 6.07) is -0.746. The summed E-state index contributed by atoms with van der Waals surface area (Å²) in [5, 5.41) is 15.0. The third-order valence-corrected chi connectivity index (χ3v) is 3.71. The van der Waals surface area contributed by atoms with Crippen LogP contribution in [0.15, 0.2) is 0 Å². The van der Waals surface area contributed by atoms with Crippen LogP contribution in [0.1, 0.15) is 46.0 Å². The molecule has 0 aromatic heterocycles. The summed E-state index contributed by atoms with van der Waals surface area (Å²) in [6.45, 7) is 5.56. The van der Waals surface area contributed by atoms with Crippen molar-refractivity contribution in [1.29, 1.82) is 0 Å². The van der Waals surface area contributed by atoms with Crippen LogP contribution in [0.3, 0.4) is 0 Å². The third-order valence-electron chi connectivity index (χ3n) is 3.71. The number of carbonyl (C=O) groups is 2. The molecule has 1 aliphatic heterocycles. The highest BCUT2D eigenvalue weighted by atomic mass is 16.4. The molecule has 1 unspecified atom stereocenters. The number of hydrogen-bond acceptors (Lipinski definition) is 3. The Morgan fingerprint density at radius 3 is 2.50 bits per heavy atom. The Labute approximate surface area is 108 Å². The monoisotopic (exact) mass is 256 g/mol. The molecule has 1 aliphatic rings. The van der Waals surface area contributed by atoms with Crippen LogP contribution in [-0.2, 0) is 9.59 Å². The van der Waals surface area contributed by atoms with Crippen molar-refractivity contribution in [3.05, 3.63) is 0 Å². The maximum Gasteiger partial charge on any atom is 0.326 e. The van der Waals surface area contributed by atoms with E-state index >= 15 is 0 Å². The van der Waals surface area contributed by atoms with Gasteiger partial charge in [0.05, 0.1) is 0 Å². The molecule has 1 saturated heterocycles. The van der Waals surface area contributed by atoms with E-state index in [9.17, 15) is 9.59 Å². The lowest BCUT2D eigenvalue weighted by atomic mass is 9.80. The van der Waals surface area contributed by atoms with Crippen molar-refractivity contribution in [3.63, 3.8) is 0 Å². The van der Waals surface area contributed by atoms with E-state index in [1.807, 2.05) is 13.8 Å². The summed E-state index contributed by atoms with van der Waals surface area (Å²) in [5.41, 5.74) is -0.425. The minimum Gasteiger partial charge on any atom is -0.480 e. The maximum atomic E-state index is 12.2. The molecule has 1 amide bonds. The van der Waals surface area contributed by atoms with Gasteiger partial charge >= 0.3 is 5.97 Å². The fraction of sp³-hybridized carbons (Fsp3) is 0.846. The fourth-order valence-corrected chi connectivity index (χ4v) is 2.20. The highest BCUT2D eigenvalue weighted by Gasteiger charge is 2.36. The second kappa shape index (κ2) is 6.73. The standard InChI is InChI=1S/C13H24N2O3/c1-3-4-5-10(11(16)17)15-12(18)13(2)6-8-14-9-7-13/h10,14H,3-9H2,1-2H3,(H,15,18)(H,16,17). The Morgan fingerprint density at radius 1 is 1.39 bits per heavy atom. The number of carboxylic acid groups (broad SMARTS) is 1. The van der Waals surface area contributed by atoms with Crippen molar-refractivity contribution in [2.75, 3.05) is 13.1 Å².